The Morgan fingerprint density at radius 1 is 1.08 bits per heavy atom. The van der Waals surface area contributed by atoms with E-state index in [2.05, 4.69) is 10.1 Å². The first kappa shape index (κ1) is 17.5. The number of hydrogen-bond acceptors (Lipinski definition) is 4. The second-order valence-corrected chi connectivity index (χ2v) is 7.35. The molecule has 0 amide bonds. The molecular formula is C19H18Cl2N4O. The quantitative estimate of drug-likeness (QED) is 0.660. The van der Waals surface area contributed by atoms with E-state index >= 15 is 0 Å². The largest absolute Gasteiger partial charge is 0.290 e. The summed E-state index contributed by atoms with van der Waals surface area (Å²) in [6.45, 7) is 0.620. The lowest BCUT2D eigenvalue weighted by molar-refractivity contribution is -0.176. The summed E-state index contributed by atoms with van der Waals surface area (Å²) in [5.74, 6) is 0. The van der Waals surface area contributed by atoms with Crippen LogP contribution in [0.3, 0.4) is 0 Å². The first-order valence-electron chi connectivity index (χ1n) is 8.31. The van der Waals surface area contributed by atoms with Crippen molar-refractivity contribution in [3.05, 3.63) is 82.4 Å². The van der Waals surface area contributed by atoms with Crippen LogP contribution in [-0.4, -0.2) is 26.9 Å². The lowest BCUT2D eigenvalue weighted by Crippen LogP contribution is -2.41. The van der Waals surface area contributed by atoms with Crippen molar-refractivity contribution >= 4 is 23.2 Å². The fraction of sp³-hybridized carbons (Fsp3) is 0.263. The zero-order chi connectivity index (χ0) is 18.1. The van der Waals surface area contributed by atoms with Crippen molar-refractivity contribution in [2.75, 3.05) is 7.05 Å². The molecule has 134 valence electrons. The van der Waals surface area contributed by atoms with Gasteiger partial charge in [-0.05, 0) is 35.4 Å². The molecule has 1 aliphatic rings. The Balaban J connectivity index is 1.72. The third-order valence-corrected chi connectivity index (χ3v) is 5.43. The first-order valence-corrected chi connectivity index (χ1v) is 9.07. The molecule has 2 aromatic carbocycles. The van der Waals surface area contributed by atoms with Gasteiger partial charge in [-0.1, -0.05) is 47.5 Å². The van der Waals surface area contributed by atoms with Crippen LogP contribution in [0.25, 0.3) is 0 Å². The maximum absolute atomic E-state index is 6.23. The molecule has 0 saturated carbocycles. The molecule has 0 aliphatic carbocycles. The Labute approximate surface area is 162 Å². The van der Waals surface area contributed by atoms with Gasteiger partial charge in [-0.2, -0.15) is 10.2 Å². The van der Waals surface area contributed by atoms with Crippen molar-refractivity contribution < 1.29 is 4.84 Å². The lowest BCUT2D eigenvalue weighted by atomic mass is 9.84. The Kier molecular flexibility index (Phi) is 4.71. The second-order valence-electron chi connectivity index (χ2n) is 6.48. The molecule has 1 saturated heterocycles. The summed E-state index contributed by atoms with van der Waals surface area (Å²) in [4.78, 5) is 10.3. The third-order valence-electron chi connectivity index (χ3n) is 4.92. The van der Waals surface area contributed by atoms with Crippen LogP contribution in [0.5, 0.6) is 0 Å². The van der Waals surface area contributed by atoms with E-state index in [0.717, 1.165) is 17.5 Å². The zero-order valence-electron chi connectivity index (χ0n) is 14.2. The number of nitrogens with zero attached hydrogens (tertiary/aromatic N) is 4. The molecule has 0 bridgehead atoms. The highest BCUT2D eigenvalue weighted by Crippen LogP contribution is 2.47. The van der Waals surface area contributed by atoms with Crippen molar-refractivity contribution in [2.24, 2.45) is 0 Å². The summed E-state index contributed by atoms with van der Waals surface area (Å²) in [7, 11) is 1.96. The molecule has 0 radical (unpaired) electrons. The zero-order valence-corrected chi connectivity index (χ0v) is 15.7. The Morgan fingerprint density at radius 3 is 2.35 bits per heavy atom. The van der Waals surface area contributed by atoms with E-state index in [0.29, 0.717) is 16.6 Å². The van der Waals surface area contributed by atoms with Crippen molar-refractivity contribution in [1.82, 2.24) is 19.8 Å². The van der Waals surface area contributed by atoms with Crippen LogP contribution in [0, 0.1) is 0 Å². The molecule has 7 heteroatoms. The van der Waals surface area contributed by atoms with E-state index in [4.69, 9.17) is 28.0 Å². The minimum atomic E-state index is -0.386. The second kappa shape index (κ2) is 7.00. The maximum atomic E-state index is 6.23. The van der Waals surface area contributed by atoms with E-state index in [9.17, 15) is 0 Å². The van der Waals surface area contributed by atoms with Gasteiger partial charge in [-0.15, -0.1) is 0 Å². The smallest absolute Gasteiger partial charge is 0.137 e. The summed E-state index contributed by atoms with van der Waals surface area (Å²) < 4.78 is 1.83. The third kappa shape index (κ3) is 3.23. The molecule has 2 atom stereocenters. The number of hydrogen-bond donors (Lipinski definition) is 0. The summed E-state index contributed by atoms with van der Waals surface area (Å²) in [6, 6.07) is 15.7. The van der Waals surface area contributed by atoms with E-state index in [-0.39, 0.29) is 11.6 Å². The summed E-state index contributed by atoms with van der Waals surface area (Å²) in [5.41, 5.74) is 1.83. The van der Waals surface area contributed by atoms with Crippen LogP contribution in [0.1, 0.15) is 23.7 Å². The van der Waals surface area contributed by atoms with Gasteiger partial charge in [0.05, 0.1) is 12.1 Å². The summed E-state index contributed by atoms with van der Waals surface area (Å²) >= 11 is 12.1. The average Bonchev–Trinajstić information content (AvgIpc) is 3.25. The fourth-order valence-corrected chi connectivity index (χ4v) is 3.77. The molecule has 1 fully saturated rings. The van der Waals surface area contributed by atoms with Crippen molar-refractivity contribution in [3.8, 4) is 0 Å². The standard InChI is InChI=1S/C19H18Cl2N4O/c1-24-19(11-25-13-22-12-23-25,15-4-8-17(21)9-5-15)10-18(26-24)14-2-6-16(20)7-3-14/h2-9,12-13,18H,10-11H2,1H3. The maximum Gasteiger partial charge on any atom is 0.137 e. The topological polar surface area (TPSA) is 43.2 Å². The minimum absolute atomic E-state index is 0.0727. The molecular weight excluding hydrogens is 371 g/mol. The van der Waals surface area contributed by atoms with Gasteiger partial charge in [0, 0.05) is 23.5 Å². The van der Waals surface area contributed by atoms with E-state index in [1.165, 1.54) is 0 Å². The van der Waals surface area contributed by atoms with Gasteiger partial charge in [-0.3, -0.25) is 9.52 Å². The first-order chi connectivity index (χ1) is 12.6. The van der Waals surface area contributed by atoms with Gasteiger partial charge in [0.15, 0.2) is 0 Å². The van der Waals surface area contributed by atoms with E-state index in [1.807, 2.05) is 65.3 Å². The van der Waals surface area contributed by atoms with Gasteiger partial charge >= 0.3 is 0 Å². The van der Waals surface area contributed by atoms with E-state index < -0.39 is 0 Å². The highest BCUT2D eigenvalue weighted by molar-refractivity contribution is 6.30. The van der Waals surface area contributed by atoms with Gasteiger partial charge in [0.25, 0.3) is 0 Å². The monoisotopic (exact) mass is 388 g/mol. The number of likely N-dealkylation sites (N-methyl/N-ethyl adjacent to an activating group) is 1. The molecule has 3 aromatic rings. The highest BCUT2D eigenvalue weighted by Gasteiger charge is 2.47. The van der Waals surface area contributed by atoms with Crippen LogP contribution < -0.4 is 0 Å². The molecule has 1 aromatic heterocycles. The van der Waals surface area contributed by atoms with Crippen molar-refractivity contribution in [1.29, 1.82) is 0 Å². The van der Waals surface area contributed by atoms with Crippen LogP contribution in [0.15, 0.2) is 61.2 Å². The van der Waals surface area contributed by atoms with Gasteiger partial charge in [0.1, 0.15) is 18.8 Å². The minimum Gasteiger partial charge on any atom is -0.290 e. The van der Waals surface area contributed by atoms with E-state index in [1.54, 1.807) is 12.7 Å². The van der Waals surface area contributed by atoms with Gasteiger partial charge < -0.3 is 0 Å². The molecule has 26 heavy (non-hydrogen) atoms. The Morgan fingerprint density at radius 2 is 1.73 bits per heavy atom. The summed E-state index contributed by atoms with van der Waals surface area (Å²) in [6.07, 6.45) is 3.96. The van der Waals surface area contributed by atoms with Gasteiger partial charge in [0.2, 0.25) is 0 Å². The van der Waals surface area contributed by atoms with Crippen LogP contribution in [0.2, 0.25) is 10.0 Å². The predicted molar refractivity (Wildman–Crippen MR) is 101 cm³/mol. The summed E-state index contributed by atoms with van der Waals surface area (Å²) in [5, 5.41) is 7.64. The van der Waals surface area contributed by atoms with Crippen molar-refractivity contribution in [2.45, 2.75) is 24.6 Å². The fourth-order valence-electron chi connectivity index (χ4n) is 3.52. The normalized spacial score (nSPS) is 23.4. The average molecular weight is 389 g/mol. The number of aromatic nitrogens is 3. The Bertz CT molecular complexity index is 868. The number of benzene rings is 2. The highest BCUT2D eigenvalue weighted by atomic mass is 35.5. The molecule has 4 rings (SSSR count). The molecule has 0 N–H and O–H groups in total. The molecule has 2 heterocycles. The Hall–Kier alpha value is -1.92. The van der Waals surface area contributed by atoms with Crippen LogP contribution in [0.4, 0.5) is 0 Å². The van der Waals surface area contributed by atoms with Crippen molar-refractivity contribution in [3.63, 3.8) is 0 Å². The lowest BCUT2D eigenvalue weighted by Gasteiger charge is -2.34. The number of hydroxylamine groups is 2. The predicted octanol–water partition coefficient (Wildman–Crippen LogP) is 4.49. The molecule has 5 nitrogen and oxygen atoms in total. The van der Waals surface area contributed by atoms with Crippen LogP contribution >= 0.6 is 23.2 Å². The number of halogens is 2. The van der Waals surface area contributed by atoms with Crippen LogP contribution in [-0.2, 0) is 16.9 Å². The molecule has 2 unspecified atom stereocenters. The molecule has 1 aliphatic heterocycles. The number of rotatable bonds is 4. The van der Waals surface area contributed by atoms with Gasteiger partial charge in [-0.25, -0.2) is 4.98 Å². The molecule has 0 spiro atoms. The SMILES string of the molecule is CN1OC(c2ccc(Cl)cc2)CC1(Cn1cncn1)c1ccc(Cl)cc1.